The topological polar surface area (TPSA) is 66.5 Å². The predicted molar refractivity (Wildman–Crippen MR) is 99.5 cm³/mol. The maximum Gasteiger partial charge on any atom is 0.224 e. The SMILES string of the molecule is Cc1ccccc1CN(CCNC(=O)Cc1ccccc1F)S(C)(=O)=O. The molecule has 0 spiro atoms. The molecule has 2 aromatic rings. The number of benzene rings is 2. The Kier molecular flexibility index (Phi) is 6.88. The lowest BCUT2D eigenvalue weighted by atomic mass is 10.1. The Morgan fingerprint density at radius 3 is 2.31 bits per heavy atom. The van der Waals surface area contributed by atoms with Crippen LogP contribution in [0.3, 0.4) is 0 Å². The molecule has 0 bridgehead atoms. The van der Waals surface area contributed by atoms with Crippen molar-refractivity contribution < 1.29 is 17.6 Å². The number of amides is 1. The lowest BCUT2D eigenvalue weighted by Crippen LogP contribution is -2.38. The number of halogens is 1. The van der Waals surface area contributed by atoms with Gasteiger partial charge in [0.25, 0.3) is 0 Å². The van der Waals surface area contributed by atoms with Crippen LogP contribution in [0.25, 0.3) is 0 Å². The van der Waals surface area contributed by atoms with E-state index in [1.807, 2.05) is 31.2 Å². The van der Waals surface area contributed by atoms with Crippen LogP contribution in [-0.4, -0.2) is 38.0 Å². The summed E-state index contributed by atoms with van der Waals surface area (Å²) < 4.78 is 38.9. The zero-order valence-electron chi connectivity index (χ0n) is 14.9. The molecule has 7 heteroatoms. The van der Waals surface area contributed by atoms with Gasteiger partial charge < -0.3 is 5.32 Å². The van der Waals surface area contributed by atoms with Gasteiger partial charge in [-0.1, -0.05) is 42.5 Å². The average molecular weight is 378 g/mol. The smallest absolute Gasteiger partial charge is 0.224 e. The lowest BCUT2D eigenvalue weighted by molar-refractivity contribution is -0.120. The Labute approximate surface area is 153 Å². The van der Waals surface area contributed by atoms with E-state index in [1.54, 1.807) is 18.2 Å². The van der Waals surface area contributed by atoms with Crippen LogP contribution in [0.4, 0.5) is 4.39 Å². The first kappa shape index (κ1) is 20.1. The second kappa shape index (κ2) is 8.91. The molecule has 1 amide bonds. The van der Waals surface area contributed by atoms with Crippen LogP contribution in [0.1, 0.15) is 16.7 Å². The van der Waals surface area contributed by atoms with Gasteiger partial charge in [-0.25, -0.2) is 12.8 Å². The maximum absolute atomic E-state index is 13.6. The Bertz CT molecular complexity index is 869. The van der Waals surface area contributed by atoms with Crippen molar-refractivity contribution in [3.8, 4) is 0 Å². The number of carbonyl (C=O) groups is 1. The Morgan fingerprint density at radius 2 is 1.69 bits per heavy atom. The van der Waals surface area contributed by atoms with E-state index in [-0.39, 0.29) is 32.0 Å². The molecule has 1 N–H and O–H groups in total. The van der Waals surface area contributed by atoms with Crippen molar-refractivity contribution in [1.82, 2.24) is 9.62 Å². The number of aryl methyl sites for hydroxylation is 1. The van der Waals surface area contributed by atoms with Crippen molar-refractivity contribution in [1.29, 1.82) is 0 Å². The lowest BCUT2D eigenvalue weighted by Gasteiger charge is -2.21. The van der Waals surface area contributed by atoms with E-state index in [9.17, 15) is 17.6 Å². The standard InChI is InChI=1S/C19H23FN2O3S/c1-15-7-3-4-9-17(15)14-22(26(2,24)25)12-11-21-19(23)13-16-8-5-6-10-18(16)20/h3-10H,11-14H2,1-2H3,(H,21,23). The molecule has 0 radical (unpaired) electrons. The molecule has 140 valence electrons. The van der Waals surface area contributed by atoms with Crippen molar-refractivity contribution in [2.45, 2.75) is 19.9 Å². The second-order valence-electron chi connectivity index (χ2n) is 6.14. The summed E-state index contributed by atoms with van der Waals surface area (Å²) in [4.78, 5) is 12.0. The monoisotopic (exact) mass is 378 g/mol. The van der Waals surface area contributed by atoms with Crippen LogP contribution in [0.5, 0.6) is 0 Å². The highest BCUT2D eigenvalue weighted by atomic mass is 32.2. The van der Waals surface area contributed by atoms with Crippen LogP contribution in [0, 0.1) is 12.7 Å². The number of hydrogen-bond donors (Lipinski definition) is 1. The summed E-state index contributed by atoms with van der Waals surface area (Å²) in [6, 6.07) is 13.6. The number of rotatable bonds is 8. The first-order valence-electron chi connectivity index (χ1n) is 8.27. The van der Waals surface area contributed by atoms with Gasteiger partial charge in [-0.3, -0.25) is 4.79 Å². The fourth-order valence-corrected chi connectivity index (χ4v) is 3.33. The molecular weight excluding hydrogens is 355 g/mol. The van der Waals surface area contributed by atoms with Crippen LogP contribution in [-0.2, 0) is 27.8 Å². The molecule has 0 heterocycles. The molecule has 0 atom stereocenters. The fourth-order valence-electron chi connectivity index (χ4n) is 2.54. The molecule has 5 nitrogen and oxygen atoms in total. The minimum atomic E-state index is -3.42. The molecule has 2 rings (SSSR count). The number of nitrogens with zero attached hydrogens (tertiary/aromatic N) is 1. The Balaban J connectivity index is 1.92. The summed E-state index contributed by atoms with van der Waals surface area (Å²) in [6.07, 6.45) is 1.07. The molecule has 0 unspecified atom stereocenters. The maximum atomic E-state index is 13.6. The van der Waals surface area contributed by atoms with Crippen molar-refractivity contribution in [2.75, 3.05) is 19.3 Å². The summed E-state index contributed by atoms with van der Waals surface area (Å²) in [5.74, 6) is -0.778. The van der Waals surface area contributed by atoms with Gasteiger partial charge in [0.15, 0.2) is 0 Å². The highest BCUT2D eigenvalue weighted by Crippen LogP contribution is 2.12. The molecule has 0 saturated heterocycles. The minimum absolute atomic E-state index is 0.0800. The van der Waals surface area contributed by atoms with E-state index in [1.165, 1.54) is 10.4 Å². The summed E-state index contributed by atoms with van der Waals surface area (Å²) in [5, 5.41) is 2.65. The Morgan fingerprint density at radius 1 is 1.08 bits per heavy atom. The third-order valence-electron chi connectivity index (χ3n) is 4.07. The van der Waals surface area contributed by atoms with Crippen LogP contribution >= 0.6 is 0 Å². The summed E-state index contributed by atoms with van der Waals surface area (Å²) in [5.41, 5.74) is 2.23. The molecule has 2 aromatic carbocycles. The van der Waals surface area contributed by atoms with Crippen LogP contribution in [0.15, 0.2) is 48.5 Å². The van der Waals surface area contributed by atoms with Gasteiger partial charge in [-0.15, -0.1) is 0 Å². The van der Waals surface area contributed by atoms with Gasteiger partial charge in [0.05, 0.1) is 12.7 Å². The largest absolute Gasteiger partial charge is 0.354 e. The first-order chi connectivity index (χ1) is 12.3. The molecule has 0 aliphatic rings. The van der Waals surface area contributed by atoms with Crippen molar-refractivity contribution in [3.63, 3.8) is 0 Å². The van der Waals surface area contributed by atoms with E-state index < -0.39 is 15.8 Å². The number of hydrogen-bond acceptors (Lipinski definition) is 3. The van der Waals surface area contributed by atoms with Gasteiger partial charge in [0.2, 0.25) is 15.9 Å². The van der Waals surface area contributed by atoms with E-state index in [4.69, 9.17) is 0 Å². The van der Waals surface area contributed by atoms with Gasteiger partial charge in [0, 0.05) is 19.6 Å². The molecule has 0 fully saturated rings. The van der Waals surface area contributed by atoms with Gasteiger partial charge in [-0.05, 0) is 29.7 Å². The van der Waals surface area contributed by atoms with Crippen LogP contribution in [0.2, 0.25) is 0 Å². The van der Waals surface area contributed by atoms with E-state index in [0.29, 0.717) is 5.56 Å². The summed E-state index contributed by atoms with van der Waals surface area (Å²) >= 11 is 0. The predicted octanol–water partition coefficient (Wildman–Crippen LogP) is 2.25. The van der Waals surface area contributed by atoms with Crippen molar-refractivity contribution >= 4 is 15.9 Å². The van der Waals surface area contributed by atoms with Gasteiger partial charge in [0.1, 0.15) is 5.82 Å². The summed E-state index contributed by atoms with van der Waals surface area (Å²) in [7, 11) is -3.42. The quantitative estimate of drug-likeness (QED) is 0.766. The number of carbonyl (C=O) groups excluding carboxylic acids is 1. The fraction of sp³-hybridized carbons (Fsp3) is 0.316. The van der Waals surface area contributed by atoms with Crippen LogP contribution < -0.4 is 5.32 Å². The third kappa shape index (κ3) is 5.93. The van der Waals surface area contributed by atoms with Gasteiger partial charge >= 0.3 is 0 Å². The third-order valence-corrected chi connectivity index (χ3v) is 5.32. The molecule has 0 aliphatic heterocycles. The zero-order chi connectivity index (χ0) is 19.2. The van der Waals surface area contributed by atoms with E-state index in [0.717, 1.165) is 17.4 Å². The number of nitrogens with one attached hydrogen (secondary N) is 1. The molecule has 0 aromatic heterocycles. The molecule has 26 heavy (non-hydrogen) atoms. The van der Waals surface area contributed by atoms with E-state index in [2.05, 4.69) is 5.32 Å². The molecule has 0 saturated carbocycles. The van der Waals surface area contributed by atoms with Crippen molar-refractivity contribution in [2.24, 2.45) is 0 Å². The zero-order valence-corrected chi connectivity index (χ0v) is 15.7. The Hall–Kier alpha value is -2.25. The highest BCUT2D eigenvalue weighted by molar-refractivity contribution is 7.88. The van der Waals surface area contributed by atoms with Gasteiger partial charge in [-0.2, -0.15) is 4.31 Å². The average Bonchev–Trinajstić information content (AvgIpc) is 2.57. The molecular formula is C19H23FN2O3S. The first-order valence-corrected chi connectivity index (χ1v) is 10.1. The van der Waals surface area contributed by atoms with E-state index >= 15 is 0 Å². The second-order valence-corrected chi connectivity index (χ2v) is 8.12. The number of sulfonamides is 1. The normalized spacial score (nSPS) is 11.5. The summed E-state index contributed by atoms with van der Waals surface area (Å²) in [6.45, 7) is 2.48. The highest BCUT2D eigenvalue weighted by Gasteiger charge is 2.18. The van der Waals surface area contributed by atoms with Crippen molar-refractivity contribution in [3.05, 3.63) is 71.0 Å². The minimum Gasteiger partial charge on any atom is -0.354 e. The molecule has 0 aliphatic carbocycles.